The third-order valence-electron chi connectivity index (χ3n) is 8.43. The monoisotopic (exact) mass is 567 g/mol. The van der Waals surface area contributed by atoms with Gasteiger partial charge in [-0.25, -0.2) is 0 Å². The summed E-state index contributed by atoms with van der Waals surface area (Å²) in [6, 6.07) is 0. The van der Waals surface area contributed by atoms with Gasteiger partial charge in [0.2, 0.25) is 0 Å². The second-order valence-electron chi connectivity index (χ2n) is 12.7. The quantitative estimate of drug-likeness (QED) is 0.160. The molecule has 1 rings (SSSR count). The molecule has 0 aliphatic carbocycles. The summed E-state index contributed by atoms with van der Waals surface area (Å²) < 4.78 is 11.0. The van der Waals surface area contributed by atoms with E-state index in [0.29, 0.717) is 19.3 Å². The fourth-order valence-corrected chi connectivity index (χ4v) is 5.78. The van der Waals surface area contributed by atoms with E-state index in [0.717, 1.165) is 19.3 Å². The predicted octanol–water partition coefficient (Wildman–Crippen LogP) is 3.55. The number of carboxylic acids is 2. The molecule has 0 amide bonds. The van der Waals surface area contributed by atoms with Crippen LogP contribution in [0.3, 0.4) is 0 Å². The van der Waals surface area contributed by atoms with Gasteiger partial charge in [-0.1, -0.05) is 71.1 Å². The average Bonchev–Trinajstić information content (AvgIpc) is 2.84. The number of esters is 2. The summed E-state index contributed by atoms with van der Waals surface area (Å²) in [5, 5.41) is 23.0. The van der Waals surface area contributed by atoms with Gasteiger partial charge in [0.15, 0.2) is 0 Å². The highest BCUT2D eigenvalue weighted by atomic mass is 16.5. The van der Waals surface area contributed by atoms with Crippen molar-refractivity contribution in [2.75, 3.05) is 13.7 Å². The third-order valence-corrected chi connectivity index (χ3v) is 8.43. The number of hydrogen-bond acceptors (Lipinski definition) is 9. The van der Waals surface area contributed by atoms with Crippen LogP contribution in [-0.2, 0) is 28.7 Å². The van der Waals surface area contributed by atoms with Gasteiger partial charge in [0, 0.05) is 41.8 Å². The molecule has 9 heteroatoms. The molecule has 0 aromatic heterocycles. The number of unbranched alkanes of at least 4 members (excludes halogenated alkanes) is 10. The van der Waals surface area contributed by atoms with Gasteiger partial charge in [-0.3, -0.25) is 14.5 Å². The number of piperidine rings is 1. The van der Waals surface area contributed by atoms with Crippen molar-refractivity contribution >= 4 is 23.9 Å². The maximum Gasteiger partial charge on any atom is 0.310 e. The second kappa shape index (κ2) is 17.6. The lowest BCUT2D eigenvalue weighted by atomic mass is 9.78. The van der Waals surface area contributed by atoms with E-state index < -0.39 is 54.7 Å². The molecule has 1 aliphatic heterocycles. The average molecular weight is 568 g/mol. The van der Waals surface area contributed by atoms with Gasteiger partial charge in [0.25, 0.3) is 0 Å². The van der Waals surface area contributed by atoms with Crippen molar-refractivity contribution in [2.45, 2.75) is 148 Å². The van der Waals surface area contributed by atoms with E-state index in [1.807, 2.05) is 7.05 Å². The van der Waals surface area contributed by atoms with Crippen LogP contribution in [0.1, 0.15) is 131 Å². The largest absolute Gasteiger partial charge is 0.550 e. The first-order valence-corrected chi connectivity index (χ1v) is 15.2. The number of carbonyl (C=O) groups excluding carboxylic acids is 4. The zero-order valence-electron chi connectivity index (χ0n) is 25.8. The first-order valence-electron chi connectivity index (χ1n) is 15.2. The molecule has 40 heavy (non-hydrogen) atoms. The SMILES string of the molecule is CCCCCCCCCCCCCOC(=O)C(CC(=O)OC1CC(C)(C)N(C)C(C)(C)C1)C(CC(=O)[O-])C(=O)[O-]. The molecule has 0 radical (unpaired) electrons. The fourth-order valence-electron chi connectivity index (χ4n) is 5.78. The lowest BCUT2D eigenvalue weighted by molar-refractivity contribution is -0.322. The number of hydrogen-bond donors (Lipinski definition) is 0. The van der Waals surface area contributed by atoms with E-state index in [9.17, 15) is 29.4 Å². The minimum absolute atomic E-state index is 0.0732. The summed E-state index contributed by atoms with van der Waals surface area (Å²) in [5.41, 5.74) is -0.496. The van der Waals surface area contributed by atoms with Gasteiger partial charge >= 0.3 is 11.9 Å². The number of carboxylic acid groups (broad SMARTS) is 2. The van der Waals surface area contributed by atoms with Crippen LogP contribution in [0.25, 0.3) is 0 Å². The van der Waals surface area contributed by atoms with Crippen LogP contribution in [0.15, 0.2) is 0 Å². The highest BCUT2D eigenvalue weighted by Gasteiger charge is 2.45. The third kappa shape index (κ3) is 13.0. The van der Waals surface area contributed by atoms with Crippen molar-refractivity contribution in [3.8, 4) is 0 Å². The Labute approximate surface area is 241 Å². The number of rotatable bonds is 20. The molecular formula is C31H53NO8-2. The van der Waals surface area contributed by atoms with Crippen molar-refractivity contribution in [2.24, 2.45) is 11.8 Å². The van der Waals surface area contributed by atoms with E-state index in [-0.39, 0.29) is 17.7 Å². The maximum absolute atomic E-state index is 12.9. The summed E-state index contributed by atoms with van der Waals surface area (Å²) in [4.78, 5) is 51.0. The van der Waals surface area contributed by atoms with Crippen LogP contribution in [0.2, 0.25) is 0 Å². The number of aliphatic carboxylic acids is 2. The van der Waals surface area contributed by atoms with Crippen molar-refractivity contribution in [3.63, 3.8) is 0 Å². The predicted molar refractivity (Wildman–Crippen MR) is 149 cm³/mol. The molecule has 0 spiro atoms. The van der Waals surface area contributed by atoms with Crippen LogP contribution in [0.5, 0.6) is 0 Å². The minimum atomic E-state index is -1.76. The molecule has 0 aromatic rings. The number of nitrogens with zero attached hydrogens (tertiary/aromatic N) is 1. The van der Waals surface area contributed by atoms with Crippen molar-refractivity contribution < 1.29 is 38.9 Å². The Kier molecular flexibility index (Phi) is 15.8. The summed E-state index contributed by atoms with van der Waals surface area (Å²) in [6.07, 6.45) is 11.5. The zero-order valence-corrected chi connectivity index (χ0v) is 25.8. The highest BCUT2D eigenvalue weighted by molar-refractivity contribution is 5.86. The molecule has 232 valence electrons. The van der Waals surface area contributed by atoms with Crippen LogP contribution in [0, 0.1) is 11.8 Å². The molecule has 9 nitrogen and oxygen atoms in total. The van der Waals surface area contributed by atoms with Crippen LogP contribution in [-0.4, -0.2) is 59.6 Å². The van der Waals surface area contributed by atoms with E-state index in [1.165, 1.54) is 44.9 Å². The standard InChI is InChI=1S/C31H55NO8/c1-7-8-9-10-11-12-13-14-15-16-17-18-39-29(38)25(24(28(36)37)19-26(33)34)20-27(35)40-23-21-30(2,3)32(6)31(4,5)22-23/h23-25H,7-22H2,1-6H3,(H,33,34)(H,36,37)/p-2. The van der Waals surface area contributed by atoms with Gasteiger partial charge in [0.1, 0.15) is 6.10 Å². The normalized spacial score (nSPS) is 18.6. The molecule has 1 fully saturated rings. The topological polar surface area (TPSA) is 136 Å². The van der Waals surface area contributed by atoms with Crippen molar-refractivity contribution in [1.82, 2.24) is 4.90 Å². The molecule has 0 saturated carbocycles. The van der Waals surface area contributed by atoms with E-state index in [1.54, 1.807) is 0 Å². The first kappa shape index (κ1) is 35.9. The number of likely N-dealkylation sites (tertiary alicyclic amines) is 1. The Morgan fingerprint density at radius 3 is 1.70 bits per heavy atom. The molecule has 0 bridgehead atoms. The van der Waals surface area contributed by atoms with Crippen LogP contribution < -0.4 is 10.2 Å². The molecule has 2 atom stereocenters. The second-order valence-corrected chi connectivity index (χ2v) is 12.7. The van der Waals surface area contributed by atoms with Crippen molar-refractivity contribution in [1.29, 1.82) is 0 Å². The van der Waals surface area contributed by atoms with Gasteiger partial charge in [0.05, 0.1) is 18.9 Å². The van der Waals surface area contributed by atoms with E-state index in [4.69, 9.17) is 9.47 Å². The van der Waals surface area contributed by atoms with Gasteiger partial charge in [-0.05, 0) is 47.6 Å². The lowest BCUT2D eigenvalue weighted by Gasteiger charge is -2.53. The van der Waals surface area contributed by atoms with Gasteiger partial charge in [-0.2, -0.15) is 0 Å². The fraction of sp³-hybridized carbons (Fsp3) is 0.871. The Balaban J connectivity index is 2.63. The zero-order chi connectivity index (χ0) is 30.3. The minimum Gasteiger partial charge on any atom is -0.550 e. The molecular weight excluding hydrogens is 514 g/mol. The van der Waals surface area contributed by atoms with Gasteiger partial charge < -0.3 is 29.3 Å². The molecule has 0 aromatic carbocycles. The van der Waals surface area contributed by atoms with Gasteiger partial charge in [-0.15, -0.1) is 0 Å². The van der Waals surface area contributed by atoms with E-state index >= 15 is 0 Å². The van der Waals surface area contributed by atoms with Crippen LogP contribution in [0.4, 0.5) is 0 Å². The van der Waals surface area contributed by atoms with E-state index in [2.05, 4.69) is 39.5 Å². The molecule has 2 unspecified atom stereocenters. The molecule has 1 aliphatic rings. The lowest BCUT2D eigenvalue weighted by Crippen LogP contribution is -2.60. The Bertz CT molecular complexity index is 791. The Hall–Kier alpha value is -2.16. The molecule has 0 N–H and O–H groups in total. The summed E-state index contributed by atoms with van der Waals surface area (Å²) in [6.45, 7) is 10.5. The number of carbonyl (C=O) groups is 4. The summed E-state index contributed by atoms with van der Waals surface area (Å²) in [7, 11) is 2.02. The molecule has 1 heterocycles. The first-order chi connectivity index (χ1) is 18.7. The highest BCUT2D eigenvalue weighted by Crippen LogP contribution is 2.38. The Morgan fingerprint density at radius 1 is 0.775 bits per heavy atom. The summed E-state index contributed by atoms with van der Waals surface area (Å²) in [5.74, 6) is -8.37. The smallest absolute Gasteiger partial charge is 0.310 e. The number of ether oxygens (including phenoxy) is 2. The summed E-state index contributed by atoms with van der Waals surface area (Å²) >= 11 is 0. The molecule has 1 saturated heterocycles. The van der Waals surface area contributed by atoms with Crippen LogP contribution >= 0.6 is 0 Å². The Morgan fingerprint density at radius 2 is 1.25 bits per heavy atom. The maximum atomic E-state index is 12.9. The van der Waals surface area contributed by atoms with Crippen molar-refractivity contribution in [3.05, 3.63) is 0 Å².